The van der Waals surface area contributed by atoms with Gasteiger partial charge in [0.2, 0.25) is 0 Å². The van der Waals surface area contributed by atoms with Crippen molar-refractivity contribution in [1.82, 2.24) is 10.6 Å². The maximum atomic E-state index is 12.3. The van der Waals surface area contributed by atoms with Gasteiger partial charge in [-0.2, -0.15) is 0 Å². The van der Waals surface area contributed by atoms with E-state index >= 15 is 0 Å². The average Bonchev–Trinajstić information content (AvgIpc) is 3.00. The molecule has 1 aliphatic heterocycles. The van der Waals surface area contributed by atoms with Crippen LogP contribution in [0.1, 0.15) is 30.3 Å². The van der Waals surface area contributed by atoms with E-state index in [0.717, 1.165) is 24.9 Å². The van der Waals surface area contributed by atoms with Gasteiger partial charge in [-0.15, -0.1) is 0 Å². The number of rotatable bonds is 3. The predicted octanol–water partition coefficient (Wildman–Crippen LogP) is 3.47. The van der Waals surface area contributed by atoms with Crippen LogP contribution in [0.5, 0.6) is 0 Å². The molecule has 1 aromatic heterocycles. The van der Waals surface area contributed by atoms with E-state index in [1.807, 2.05) is 18.2 Å². The molecule has 3 rings (SSSR count). The lowest BCUT2D eigenvalue weighted by Gasteiger charge is -2.30. The van der Waals surface area contributed by atoms with E-state index in [1.54, 1.807) is 18.2 Å². The molecule has 2 heterocycles. The highest BCUT2D eigenvalue weighted by Crippen LogP contribution is 2.29. The van der Waals surface area contributed by atoms with Crippen LogP contribution in [0.4, 0.5) is 0 Å². The molecule has 1 aliphatic rings. The quantitative estimate of drug-likeness (QED) is 0.911. The Morgan fingerprint density at radius 2 is 2.14 bits per heavy atom. The van der Waals surface area contributed by atoms with Crippen LogP contribution in [0.2, 0.25) is 5.02 Å². The lowest BCUT2D eigenvalue weighted by atomic mass is 10.00. The molecule has 2 atom stereocenters. The standard InChI is InChI=1S/C17H19ClN2O2/c1-11-14(7-4-10-19-11)20-17(21)16-9-8-15(22-16)12-5-2-3-6-13(12)18/h2-3,5-6,8-9,11,14,19H,4,7,10H2,1H3,(H,20,21). The van der Waals surface area contributed by atoms with Crippen LogP contribution in [0, 0.1) is 0 Å². The van der Waals surface area contributed by atoms with Crippen molar-refractivity contribution in [2.24, 2.45) is 0 Å². The summed E-state index contributed by atoms with van der Waals surface area (Å²) in [6.45, 7) is 3.09. The first-order valence-electron chi connectivity index (χ1n) is 7.54. The van der Waals surface area contributed by atoms with E-state index in [1.165, 1.54) is 0 Å². The van der Waals surface area contributed by atoms with Crippen molar-refractivity contribution in [1.29, 1.82) is 0 Å². The van der Waals surface area contributed by atoms with Crippen LogP contribution in [-0.4, -0.2) is 24.5 Å². The van der Waals surface area contributed by atoms with Crippen LogP contribution in [-0.2, 0) is 0 Å². The van der Waals surface area contributed by atoms with E-state index in [4.69, 9.17) is 16.0 Å². The second-order valence-electron chi connectivity index (χ2n) is 5.61. The van der Waals surface area contributed by atoms with E-state index in [9.17, 15) is 4.79 Å². The maximum absolute atomic E-state index is 12.3. The minimum Gasteiger partial charge on any atom is -0.451 e. The Balaban J connectivity index is 1.73. The molecule has 2 N–H and O–H groups in total. The van der Waals surface area contributed by atoms with E-state index in [0.29, 0.717) is 16.5 Å². The zero-order chi connectivity index (χ0) is 15.5. The van der Waals surface area contributed by atoms with Crippen LogP contribution >= 0.6 is 11.6 Å². The average molecular weight is 319 g/mol. The van der Waals surface area contributed by atoms with Gasteiger partial charge >= 0.3 is 0 Å². The minimum absolute atomic E-state index is 0.134. The second kappa shape index (κ2) is 6.55. The van der Waals surface area contributed by atoms with E-state index < -0.39 is 0 Å². The Bertz CT molecular complexity index is 668. The second-order valence-corrected chi connectivity index (χ2v) is 6.02. The molecule has 0 radical (unpaired) electrons. The monoisotopic (exact) mass is 318 g/mol. The summed E-state index contributed by atoms with van der Waals surface area (Å²) in [5.41, 5.74) is 0.788. The number of amides is 1. The molecule has 22 heavy (non-hydrogen) atoms. The van der Waals surface area contributed by atoms with Gasteiger partial charge in [0.1, 0.15) is 5.76 Å². The predicted molar refractivity (Wildman–Crippen MR) is 87.1 cm³/mol. The fourth-order valence-corrected chi connectivity index (χ4v) is 2.98. The fraction of sp³-hybridized carbons (Fsp3) is 0.353. The number of piperidine rings is 1. The first-order valence-corrected chi connectivity index (χ1v) is 7.92. The summed E-state index contributed by atoms with van der Waals surface area (Å²) in [7, 11) is 0. The molecule has 1 amide bonds. The third-order valence-corrected chi connectivity index (χ3v) is 4.38. The third-order valence-electron chi connectivity index (χ3n) is 4.05. The van der Waals surface area contributed by atoms with Gasteiger partial charge < -0.3 is 15.1 Å². The van der Waals surface area contributed by atoms with Crippen molar-refractivity contribution in [2.45, 2.75) is 31.8 Å². The number of halogens is 1. The Morgan fingerprint density at radius 3 is 2.91 bits per heavy atom. The van der Waals surface area contributed by atoms with Gasteiger partial charge in [0.05, 0.1) is 5.02 Å². The molecule has 0 aliphatic carbocycles. The zero-order valence-corrected chi connectivity index (χ0v) is 13.2. The number of carbonyl (C=O) groups excluding carboxylic acids is 1. The van der Waals surface area contributed by atoms with E-state index in [-0.39, 0.29) is 18.0 Å². The first-order chi connectivity index (χ1) is 10.6. The molecular weight excluding hydrogens is 300 g/mol. The molecule has 0 saturated carbocycles. The number of benzene rings is 1. The van der Waals surface area contributed by atoms with Crippen molar-refractivity contribution >= 4 is 17.5 Å². The highest BCUT2D eigenvalue weighted by Gasteiger charge is 2.24. The summed E-state index contributed by atoms with van der Waals surface area (Å²) in [6, 6.07) is 11.3. The maximum Gasteiger partial charge on any atom is 0.287 e. The topological polar surface area (TPSA) is 54.3 Å². The number of nitrogens with one attached hydrogen (secondary N) is 2. The summed E-state index contributed by atoms with van der Waals surface area (Å²) in [6.07, 6.45) is 2.05. The summed E-state index contributed by atoms with van der Waals surface area (Å²) < 4.78 is 5.67. The fourth-order valence-electron chi connectivity index (χ4n) is 2.75. The normalized spacial score (nSPS) is 21.5. The Morgan fingerprint density at radius 1 is 1.32 bits per heavy atom. The van der Waals surface area contributed by atoms with Gasteiger partial charge in [-0.25, -0.2) is 0 Å². The van der Waals surface area contributed by atoms with E-state index in [2.05, 4.69) is 17.6 Å². The molecule has 5 heteroatoms. The van der Waals surface area contributed by atoms with Crippen molar-refractivity contribution in [3.05, 3.63) is 47.2 Å². The molecular formula is C17H19ClN2O2. The SMILES string of the molecule is CC1NCCCC1NC(=O)c1ccc(-c2ccccc2Cl)o1. The first kappa shape index (κ1) is 15.1. The number of furan rings is 1. The molecule has 0 bridgehead atoms. The largest absolute Gasteiger partial charge is 0.451 e. The number of carbonyl (C=O) groups is 1. The summed E-state index contributed by atoms with van der Waals surface area (Å²) in [5, 5.41) is 7.01. The van der Waals surface area contributed by atoms with Gasteiger partial charge in [-0.05, 0) is 50.6 Å². The third kappa shape index (κ3) is 3.18. The highest BCUT2D eigenvalue weighted by atomic mass is 35.5. The molecule has 4 nitrogen and oxygen atoms in total. The summed E-state index contributed by atoms with van der Waals surface area (Å²) >= 11 is 6.15. The Kier molecular flexibility index (Phi) is 4.50. The Hall–Kier alpha value is -1.78. The van der Waals surface area contributed by atoms with Crippen LogP contribution in [0.15, 0.2) is 40.8 Å². The van der Waals surface area contributed by atoms with Crippen molar-refractivity contribution in [3.63, 3.8) is 0 Å². The van der Waals surface area contributed by atoms with Gasteiger partial charge in [0.15, 0.2) is 5.76 Å². The number of hydrogen-bond donors (Lipinski definition) is 2. The van der Waals surface area contributed by atoms with Gasteiger partial charge in [0, 0.05) is 17.6 Å². The molecule has 0 spiro atoms. The lowest BCUT2D eigenvalue weighted by Crippen LogP contribution is -2.51. The Labute approximate surface area is 134 Å². The molecule has 2 unspecified atom stereocenters. The smallest absolute Gasteiger partial charge is 0.287 e. The number of hydrogen-bond acceptors (Lipinski definition) is 3. The van der Waals surface area contributed by atoms with Gasteiger partial charge in [-0.3, -0.25) is 4.79 Å². The molecule has 116 valence electrons. The molecule has 1 fully saturated rings. The minimum atomic E-state index is -0.182. The van der Waals surface area contributed by atoms with Gasteiger partial charge in [0.25, 0.3) is 5.91 Å². The molecule has 1 saturated heterocycles. The van der Waals surface area contributed by atoms with Crippen molar-refractivity contribution in [3.8, 4) is 11.3 Å². The van der Waals surface area contributed by atoms with Crippen LogP contribution < -0.4 is 10.6 Å². The summed E-state index contributed by atoms with van der Waals surface area (Å²) in [5.74, 6) is 0.733. The van der Waals surface area contributed by atoms with Crippen molar-refractivity contribution in [2.75, 3.05) is 6.54 Å². The van der Waals surface area contributed by atoms with Gasteiger partial charge in [-0.1, -0.05) is 23.7 Å². The van der Waals surface area contributed by atoms with Crippen LogP contribution in [0.3, 0.4) is 0 Å². The lowest BCUT2D eigenvalue weighted by molar-refractivity contribution is 0.0892. The summed E-state index contributed by atoms with van der Waals surface area (Å²) in [4.78, 5) is 12.3. The van der Waals surface area contributed by atoms with Crippen molar-refractivity contribution < 1.29 is 9.21 Å². The van der Waals surface area contributed by atoms with Crippen LogP contribution in [0.25, 0.3) is 11.3 Å². The molecule has 2 aromatic rings. The highest BCUT2D eigenvalue weighted by molar-refractivity contribution is 6.33. The zero-order valence-electron chi connectivity index (χ0n) is 12.4. The molecule has 1 aromatic carbocycles.